The number of benzene rings is 2. The Balaban J connectivity index is 1.38. The van der Waals surface area contributed by atoms with Crippen LogP contribution in [-0.4, -0.2) is 47.4 Å². The number of fused-ring (bicyclic) bond motifs is 1. The molecule has 1 aromatic heterocycles. The van der Waals surface area contributed by atoms with Gasteiger partial charge in [-0.3, -0.25) is 4.79 Å². The Bertz CT molecular complexity index is 956. The number of nitrogens with zero attached hydrogens (tertiary/aromatic N) is 3. The van der Waals surface area contributed by atoms with Crippen molar-refractivity contribution >= 4 is 17.0 Å². The number of hydrogen-bond acceptors (Lipinski definition) is 6. The molecule has 166 valence electrons. The number of aromatic nitrogens is 3. The van der Waals surface area contributed by atoms with Crippen molar-refractivity contribution in [2.75, 3.05) is 26.4 Å². The molecule has 0 aliphatic rings. The van der Waals surface area contributed by atoms with Crippen LogP contribution in [0.3, 0.4) is 0 Å². The van der Waals surface area contributed by atoms with Gasteiger partial charge < -0.3 is 14.2 Å². The Labute approximate surface area is 183 Å². The average molecular weight is 426 g/mol. The normalized spacial score (nSPS) is 11.2. The molecule has 1 heterocycles. The third-order valence-electron chi connectivity index (χ3n) is 5.10. The van der Waals surface area contributed by atoms with E-state index >= 15 is 0 Å². The van der Waals surface area contributed by atoms with Crippen LogP contribution in [0.2, 0.25) is 0 Å². The number of ether oxygens (including phenoxy) is 3. The third-order valence-corrected chi connectivity index (χ3v) is 5.10. The van der Waals surface area contributed by atoms with E-state index < -0.39 is 0 Å². The van der Waals surface area contributed by atoms with Crippen LogP contribution in [0.4, 0.5) is 0 Å². The molecule has 31 heavy (non-hydrogen) atoms. The highest BCUT2D eigenvalue weighted by molar-refractivity contribution is 5.79. The largest absolute Gasteiger partial charge is 0.466 e. The van der Waals surface area contributed by atoms with Crippen molar-refractivity contribution in [3.05, 3.63) is 59.2 Å². The lowest BCUT2D eigenvalue weighted by Gasteiger charge is -2.08. The lowest BCUT2D eigenvalue weighted by molar-refractivity contribution is -0.143. The number of aryl methyl sites for hydroxylation is 3. The van der Waals surface area contributed by atoms with E-state index in [1.54, 1.807) is 0 Å². The molecule has 0 aliphatic carbocycles. The van der Waals surface area contributed by atoms with Gasteiger partial charge in [-0.1, -0.05) is 41.6 Å². The van der Waals surface area contributed by atoms with Crippen molar-refractivity contribution in [1.82, 2.24) is 15.0 Å². The van der Waals surface area contributed by atoms with Crippen molar-refractivity contribution in [3.63, 3.8) is 0 Å². The fourth-order valence-electron chi connectivity index (χ4n) is 3.42. The maximum Gasteiger partial charge on any atom is 0.306 e. The number of carbonyl (C=O) groups excluding carboxylic acids is 1. The maximum absolute atomic E-state index is 11.6. The van der Waals surface area contributed by atoms with Gasteiger partial charge in [-0.15, -0.1) is 5.10 Å². The van der Waals surface area contributed by atoms with Gasteiger partial charge in [0.15, 0.2) is 0 Å². The molecule has 3 rings (SSSR count). The summed E-state index contributed by atoms with van der Waals surface area (Å²) in [7, 11) is 0. The zero-order valence-corrected chi connectivity index (χ0v) is 18.4. The van der Waals surface area contributed by atoms with Gasteiger partial charge in [-0.05, 0) is 49.4 Å². The Hall–Kier alpha value is -2.77. The molecule has 0 amide bonds. The van der Waals surface area contributed by atoms with Crippen LogP contribution in [0.1, 0.15) is 36.5 Å². The predicted octanol–water partition coefficient (Wildman–Crippen LogP) is 3.86. The van der Waals surface area contributed by atoms with E-state index in [2.05, 4.69) is 16.4 Å². The zero-order chi connectivity index (χ0) is 21.9. The van der Waals surface area contributed by atoms with Crippen molar-refractivity contribution in [2.45, 2.75) is 46.3 Å². The molecule has 0 saturated heterocycles. The predicted molar refractivity (Wildman–Crippen MR) is 119 cm³/mol. The number of esters is 1. The van der Waals surface area contributed by atoms with E-state index in [4.69, 9.17) is 14.2 Å². The summed E-state index contributed by atoms with van der Waals surface area (Å²) in [6.45, 7) is 7.41. The number of carbonyl (C=O) groups is 1. The van der Waals surface area contributed by atoms with Crippen molar-refractivity contribution in [2.24, 2.45) is 0 Å². The summed E-state index contributed by atoms with van der Waals surface area (Å²) in [6, 6.07) is 14.2. The van der Waals surface area contributed by atoms with E-state index in [9.17, 15) is 4.79 Å². The van der Waals surface area contributed by atoms with Gasteiger partial charge >= 0.3 is 5.97 Å². The molecule has 0 N–H and O–H groups in total. The molecule has 0 unspecified atom stereocenters. The lowest BCUT2D eigenvalue weighted by atomic mass is 10.0. The van der Waals surface area contributed by atoms with Crippen LogP contribution in [0, 0.1) is 6.92 Å². The second-order valence-electron chi connectivity index (χ2n) is 7.34. The zero-order valence-electron chi connectivity index (χ0n) is 18.4. The minimum Gasteiger partial charge on any atom is -0.466 e. The van der Waals surface area contributed by atoms with Gasteiger partial charge in [0.25, 0.3) is 0 Å². The van der Waals surface area contributed by atoms with Crippen LogP contribution in [0.25, 0.3) is 11.0 Å². The monoisotopic (exact) mass is 425 g/mol. The van der Waals surface area contributed by atoms with E-state index in [0.717, 1.165) is 35.1 Å². The van der Waals surface area contributed by atoms with Crippen molar-refractivity contribution in [3.8, 4) is 0 Å². The van der Waals surface area contributed by atoms with Crippen molar-refractivity contribution in [1.29, 1.82) is 0 Å². The summed E-state index contributed by atoms with van der Waals surface area (Å²) in [5, 5.41) is 8.64. The second-order valence-corrected chi connectivity index (χ2v) is 7.34. The van der Waals surface area contributed by atoms with Crippen LogP contribution in [0.15, 0.2) is 42.5 Å². The fourth-order valence-corrected chi connectivity index (χ4v) is 3.42. The molecule has 0 atom stereocenters. The molecule has 3 aromatic rings. The molecule has 0 bridgehead atoms. The first-order valence-corrected chi connectivity index (χ1v) is 10.9. The molecular formula is C24H31N3O4. The maximum atomic E-state index is 11.6. The van der Waals surface area contributed by atoms with Crippen LogP contribution < -0.4 is 0 Å². The smallest absolute Gasteiger partial charge is 0.306 e. The van der Waals surface area contributed by atoms with Crippen LogP contribution in [-0.2, 0) is 38.6 Å². The van der Waals surface area contributed by atoms with E-state index in [1.807, 2.05) is 54.9 Å². The highest BCUT2D eigenvalue weighted by Gasteiger charge is 2.12. The molecule has 0 fully saturated rings. The topological polar surface area (TPSA) is 75.5 Å². The summed E-state index contributed by atoms with van der Waals surface area (Å²) >= 11 is 0. The highest BCUT2D eigenvalue weighted by atomic mass is 16.5. The summed E-state index contributed by atoms with van der Waals surface area (Å²) in [6.07, 6.45) is 1.87. The highest BCUT2D eigenvalue weighted by Crippen LogP contribution is 2.21. The minimum atomic E-state index is -0.170. The molecule has 0 spiro atoms. The summed E-state index contributed by atoms with van der Waals surface area (Å²) in [4.78, 5) is 11.6. The van der Waals surface area contributed by atoms with Gasteiger partial charge in [0.2, 0.25) is 0 Å². The van der Waals surface area contributed by atoms with E-state index in [1.165, 1.54) is 5.56 Å². The SMILES string of the molecule is CCOC(=O)CCc1ccc2c(nnn2CCCOCCOCc2ccccc2)c1C. The van der Waals surface area contributed by atoms with Crippen LogP contribution in [0.5, 0.6) is 0 Å². The van der Waals surface area contributed by atoms with Gasteiger partial charge in [0.05, 0.1) is 31.9 Å². The van der Waals surface area contributed by atoms with Gasteiger partial charge in [-0.2, -0.15) is 0 Å². The lowest BCUT2D eigenvalue weighted by Crippen LogP contribution is -2.08. The number of hydrogen-bond donors (Lipinski definition) is 0. The third kappa shape index (κ3) is 6.87. The van der Waals surface area contributed by atoms with Gasteiger partial charge in [0.1, 0.15) is 5.52 Å². The standard InChI is InChI=1S/C24H31N3O4/c1-3-31-23(28)13-11-21-10-12-22-24(19(21)2)25-26-27(22)14-7-15-29-16-17-30-18-20-8-5-4-6-9-20/h4-6,8-10,12H,3,7,11,13-18H2,1-2H3. The first kappa shape index (κ1) is 22.9. The Kier molecular flexibility index (Phi) is 8.99. The molecular weight excluding hydrogens is 394 g/mol. The molecule has 2 aromatic carbocycles. The Morgan fingerprint density at radius 2 is 1.84 bits per heavy atom. The fraction of sp³-hybridized carbons (Fsp3) is 0.458. The van der Waals surface area contributed by atoms with Gasteiger partial charge in [0, 0.05) is 19.6 Å². The summed E-state index contributed by atoms with van der Waals surface area (Å²) in [5.41, 5.74) is 5.23. The van der Waals surface area contributed by atoms with Crippen LogP contribution >= 0.6 is 0 Å². The van der Waals surface area contributed by atoms with E-state index in [-0.39, 0.29) is 5.97 Å². The molecule has 0 radical (unpaired) electrons. The quantitative estimate of drug-likeness (QED) is 0.306. The second kappa shape index (κ2) is 12.2. The van der Waals surface area contributed by atoms with Gasteiger partial charge in [-0.25, -0.2) is 4.68 Å². The number of rotatable bonds is 13. The Morgan fingerprint density at radius 3 is 2.65 bits per heavy atom. The minimum absolute atomic E-state index is 0.170. The summed E-state index contributed by atoms with van der Waals surface area (Å²) in [5.74, 6) is -0.170. The van der Waals surface area contributed by atoms with Crippen molar-refractivity contribution < 1.29 is 19.0 Å². The molecule has 7 nitrogen and oxygen atoms in total. The molecule has 0 saturated carbocycles. The van der Waals surface area contributed by atoms with E-state index in [0.29, 0.717) is 45.9 Å². The first-order valence-electron chi connectivity index (χ1n) is 10.9. The molecule has 7 heteroatoms. The molecule has 0 aliphatic heterocycles. The average Bonchev–Trinajstić information content (AvgIpc) is 3.20. The first-order chi connectivity index (χ1) is 15.2. The summed E-state index contributed by atoms with van der Waals surface area (Å²) < 4.78 is 18.2. The Morgan fingerprint density at radius 1 is 1.03 bits per heavy atom.